The van der Waals surface area contributed by atoms with Gasteiger partial charge >= 0.3 is 6.09 Å². The molecular formula is C23H39IN6O3. The topological polar surface area (TPSA) is 121 Å². The molecule has 0 radical (unpaired) electrons. The molecule has 0 aromatic heterocycles. The molecule has 33 heavy (non-hydrogen) atoms. The number of hydrogen-bond donors (Lipinski definition) is 4. The first-order valence-electron chi connectivity index (χ1n) is 11.3. The molecule has 1 aliphatic rings. The predicted octanol–water partition coefficient (Wildman–Crippen LogP) is 2.38. The van der Waals surface area contributed by atoms with Gasteiger partial charge in [0.25, 0.3) is 0 Å². The Kier molecular flexibility index (Phi) is 12.5. The highest BCUT2D eigenvalue weighted by atomic mass is 127. The first-order valence-corrected chi connectivity index (χ1v) is 11.3. The molecule has 1 aromatic carbocycles. The maximum absolute atomic E-state index is 12.4. The second-order valence-corrected chi connectivity index (χ2v) is 8.99. The second kappa shape index (κ2) is 14.2. The molecule has 2 rings (SSSR count). The maximum Gasteiger partial charge on any atom is 0.408 e. The van der Waals surface area contributed by atoms with Crippen LogP contribution in [0.25, 0.3) is 0 Å². The molecule has 0 aliphatic carbocycles. The summed E-state index contributed by atoms with van der Waals surface area (Å²) in [5.74, 6) is 0.406. The zero-order valence-electron chi connectivity index (χ0n) is 20.1. The zero-order valence-corrected chi connectivity index (χ0v) is 22.4. The fourth-order valence-electron chi connectivity index (χ4n) is 3.52. The molecule has 10 heteroatoms. The van der Waals surface area contributed by atoms with Crippen LogP contribution >= 0.6 is 24.0 Å². The molecule has 1 aromatic rings. The Hall–Kier alpha value is -2.08. The number of carbonyl (C=O) groups is 2. The summed E-state index contributed by atoms with van der Waals surface area (Å²) < 4.78 is 5.44. The van der Waals surface area contributed by atoms with Gasteiger partial charge in [-0.15, -0.1) is 24.0 Å². The third kappa shape index (κ3) is 11.6. The Balaban J connectivity index is 0.00000544. The molecule has 1 saturated heterocycles. The van der Waals surface area contributed by atoms with Crippen LogP contribution in [0.4, 0.5) is 4.79 Å². The third-order valence-electron chi connectivity index (χ3n) is 4.98. The second-order valence-electron chi connectivity index (χ2n) is 8.99. The Labute approximate surface area is 214 Å². The van der Waals surface area contributed by atoms with E-state index >= 15 is 0 Å². The van der Waals surface area contributed by atoms with Gasteiger partial charge in [-0.2, -0.15) is 0 Å². The molecule has 0 saturated carbocycles. The number of nitrogens with two attached hydrogens (primary N) is 1. The van der Waals surface area contributed by atoms with Crippen molar-refractivity contribution >= 4 is 41.9 Å². The Morgan fingerprint density at radius 2 is 1.85 bits per heavy atom. The number of benzene rings is 1. The molecule has 1 unspecified atom stereocenters. The van der Waals surface area contributed by atoms with Crippen molar-refractivity contribution in [3.05, 3.63) is 35.9 Å². The minimum absolute atomic E-state index is 0. The summed E-state index contributed by atoms with van der Waals surface area (Å²) in [6.45, 7) is 10.5. The molecule has 0 spiro atoms. The number of nitrogens with one attached hydrogen (secondary N) is 3. The fourth-order valence-corrected chi connectivity index (χ4v) is 3.52. The summed E-state index contributed by atoms with van der Waals surface area (Å²) >= 11 is 0. The molecular weight excluding hydrogens is 535 g/mol. The van der Waals surface area contributed by atoms with Crippen molar-refractivity contribution in [3.63, 3.8) is 0 Å². The Morgan fingerprint density at radius 1 is 1.21 bits per heavy atom. The smallest absolute Gasteiger partial charge is 0.408 e. The van der Waals surface area contributed by atoms with Crippen LogP contribution in [-0.2, 0) is 9.53 Å². The number of likely N-dealkylation sites (tertiary alicyclic amines) is 1. The van der Waals surface area contributed by atoms with Gasteiger partial charge in [0.05, 0.1) is 19.1 Å². The van der Waals surface area contributed by atoms with Crippen LogP contribution in [-0.4, -0.2) is 67.2 Å². The molecule has 1 heterocycles. The van der Waals surface area contributed by atoms with Gasteiger partial charge in [-0.25, -0.2) is 4.79 Å². The standard InChI is InChI=1S/C23H38N6O3.HI/c1-5-25-21(27-18-11-13-29(14-12-18)16-20(24)30)26-15-19(17-9-7-6-8-10-17)28-22(31)32-23(2,3)4;/h6-10,18-19H,5,11-16H2,1-4H3,(H2,24,30)(H,28,31)(H2,25,26,27);1H. The highest BCUT2D eigenvalue weighted by Crippen LogP contribution is 2.15. The zero-order chi connectivity index (χ0) is 23.6. The van der Waals surface area contributed by atoms with Crippen LogP contribution in [0.1, 0.15) is 52.1 Å². The number of aliphatic imine (C=N–C) groups is 1. The number of rotatable bonds is 8. The lowest BCUT2D eigenvalue weighted by atomic mass is 10.1. The van der Waals surface area contributed by atoms with Gasteiger partial charge in [-0.3, -0.25) is 14.7 Å². The lowest BCUT2D eigenvalue weighted by Gasteiger charge is -2.32. The van der Waals surface area contributed by atoms with E-state index in [1.165, 1.54) is 0 Å². The molecule has 2 amide bonds. The van der Waals surface area contributed by atoms with E-state index in [1.54, 1.807) is 0 Å². The molecule has 0 bridgehead atoms. The number of alkyl carbamates (subject to hydrolysis) is 1. The first kappa shape index (κ1) is 29.0. The number of amides is 2. The summed E-state index contributed by atoms with van der Waals surface area (Å²) in [4.78, 5) is 30.3. The van der Waals surface area contributed by atoms with Crippen molar-refractivity contribution in [2.24, 2.45) is 10.7 Å². The number of guanidine groups is 1. The first-order chi connectivity index (χ1) is 15.2. The van der Waals surface area contributed by atoms with E-state index in [0.29, 0.717) is 19.0 Å². The van der Waals surface area contributed by atoms with Gasteiger partial charge in [0.2, 0.25) is 5.91 Å². The Morgan fingerprint density at radius 3 is 2.39 bits per heavy atom. The SMILES string of the molecule is CCNC(=NCC(NC(=O)OC(C)(C)C)c1ccccc1)NC1CCN(CC(N)=O)CC1.I. The Bertz CT molecular complexity index is 761. The van der Waals surface area contributed by atoms with Crippen molar-refractivity contribution in [2.75, 3.05) is 32.7 Å². The van der Waals surface area contributed by atoms with Gasteiger partial charge < -0.3 is 26.4 Å². The highest BCUT2D eigenvalue weighted by Gasteiger charge is 2.22. The fraction of sp³-hybridized carbons (Fsp3) is 0.609. The number of piperidine rings is 1. The number of primary amides is 1. The van der Waals surface area contributed by atoms with Crippen LogP contribution in [0.3, 0.4) is 0 Å². The monoisotopic (exact) mass is 574 g/mol. The average Bonchev–Trinajstić information content (AvgIpc) is 2.71. The van der Waals surface area contributed by atoms with E-state index in [4.69, 9.17) is 15.5 Å². The normalized spacial score (nSPS) is 16.3. The van der Waals surface area contributed by atoms with E-state index in [1.807, 2.05) is 58.0 Å². The van der Waals surface area contributed by atoms with Gasteiger partial charge in [0.15, 0.2) is 5.96 Å². The maximum atomic E-state index is 12.4. The van der Waals surface area contributed by atoms with Crippen molar-refractivity contribution in [1.82, 2.24) is 20.9 Å². The summed E-state index contributed by atoms with van der Waals surface area (Å²) in [7, 11) is 0. The minimum Gasteiger partial charge on any atom is -0.444 e. The quantitative estimate of drug-likeness (QED) is 0.215. The van der Waals surface area contributed by atoms with Crippen molar-refractivity contribution in [2.45, 2.75) is 58.2 Å². The van der Waals surface area contributed by atoms with Crippen LogP contribution in [0.15, 0.2) is 35.3 Å². The molecule has 9 nitrogen and oxygen atoms in total. The number of hydrogen-bond acceptors (Lipinski definition) is 5. The minimum atomic E-state index is -0.575. The van der Waals surface area contributed by atoms with E-state index in [-0.39, 0.29) is 42.0 Å². The highest BCUT2D eigenvalue weighted by molar-refractivity contribution is 14.0. The van der Waals surface area contributed by atoms with E-state index in [2.05, 4.69) is 20.9 Å². The number of carbonyl (C=O) groups excluding carboxylic acids is 2. The number of halogens is 1. The van der Waals surface area contributed by atoms with Crippen molar-refractivity contribution in [3.8, 4) is 0 Å². The molecule has 1 fully saturated rings. The summed E-state index contributed by atoms with van der Waals surface area (Å²) in [5, 5.41) is 9.70. The van der Waals surface area contributed by atoms with Crippen LogP contribution in [0.2, 0.25) is 0 Å². The lowest BCUT2D eigenvalue weighted by Crippen LogP contribution is -2.50. The van der Waals surface area contributed by atoms with Crippen LogP contribution in [0.5, 0.6) is 0 Å². The van der Waals surface area contributed by atoms with Crippen molar-refractivity contribution < 1.29 is 14.3 Å². The number of ether oxygens (including phenoxy) is 1. The van der Waals surface area contributed by atoms with E-state index in [0.717, 1.165) is 38.0 Å². The van der Waals surface area contributed by atoms with Gasteiger partial charge in [0, 0.05) is 25.7 Å². The van der Waals surface area contributed by atoms with E-state index in [9.17, 15) is 9.59 Å². The molecule has 186 valence electrons. The van der Waals surface area contributed by atoms with Gasteiger partial charge in [-0.05, 0) is 46.1 Å². The number of nitrogens with zero attached hydrogens (tertiary/aromatic N) is 2. The largest absolute Gasteiger partial charge is 0.444 e. The molecule has 1 atom stereocenters. The van der Waals surface area contributed by atoms with Gasteiger partial charge in [-0.1, -0.05) is 30.3 Å². The summed E-state index contributed by atoms with van der Waals surface area (Å²) in [5.41, 5.74) is 5.68. The van der Waals surface area contributed by atoms with Gasteiger partial charge in [0.1, 0.15) is 5.60 Å². The molecule has 1 aliphatic heterocycles. The predicted molar refractivity (Wildman–Crippen MR) is 142 cm³/mol. The van der Waals surface area contributed by atoms with Crippen molar-refractivity contribution in [1.29, 1.82) is 0 Å². The summed E-state index contributed by atoms with van der Waals surface area (Å²) in [6.07, 6.45) is 1.33. The lowest BCUT2D eigenvalue weighted by molar-refractivity contribution is -0.119. The van der Waals surface area contributed by atoms with E-state index < -0.39 is 11.7 Å². The summed E-state index contributed by atoms with van der Waals surface area (Å²) in [6, 6.07) is 9.68. The van der Waals surface area contributed by atoms with Crippen LogP contribution < -0.4 is 21.7 Å². The third-order valence-corrected chi connectivity index (χ3v) is 4.98. The van der Waals surface area contributed by atoms with Crippen LogP contribution in [0, 0.1) is 0 Å². The molecule has 5 N–H and O–H groups in total. The average molecular weight is 575 g/mol.